The van der Waals surface area contributed by atoms with Crippen molar-refractivity contribution < 1.29 is 0 Å². The van der Waals surface area contributed by atoms with Gasteiger partial charge >= 0.3 is 0 Å². The number of anilines is 1. The Kier molecular flexibility index (Phi) is 2.44. The van der Waals surface area contributed by atoms with Crippen molar-refractivity contribution in [3.05, 3.63) is 42.0 Å². The summed E-state index contributed by atoms with van der Waals surface area (Å²) in [5.74, 6) is 0.785. The standard InChI is InChI=1S/C10H12N4/c1-8-2-3-11-6-9(8)7-14-10-12-4-5-13-10/h2-6H,7H2,1H3,(H2,12,13,14). The second-order valence-corrected chi connectivity index (χ2v) is 3.09. The number of aromatic nitrogens is 3. The third kappa shape index (κ3) is 1.90. The molecule has 2 aromatic rings. The van der Waals surface area contributed by atoms with Crippen LogP contribution in [0.3, 0.4) is 0 Å². The maximum absolute atomic E-state index is 4.07. The van der Waals surface area contributed by atoms with Crippen molar-refractivity contribution in [3.63, 3.8) is 0 Å². The highest BCUT2D eigenvalue weighted by molar-refractivity contribution is 5.29. The quantitative estimate of drug-likeness (QED) is 0.771. The third-order valence-electron chi connectivity index (χ3n) is 2.09. The summed E-state index contributed by atoms with van der Waals surface area (Å²) in [6.07, 6.45) is 7.17. The van der Waals surface area contributed by atoms with Crippen molar-refractivity contribution >= 4 is 5.95 Å². The van der Waals surface area contributed by atoms with E-state index in [0.717, 1.165) is 12.5 Å². The van der Waals surface area contributed by atoms with Gasteiger partial charge in [-0.3, -0.25) is 4.98 Å². The van der Waals surface area contributed by atoms with Gasteiger partial charge < -0.3 is 10.3 Å². The van der Waals surface area contributed by atoms with Crippen LogP contribution in [0.1, 0.15) is 11.1 Å². The minimum Gasteiger partial charge on any atom is -0.352 e. The second-order valence-electron chi connectivity index (χ2n) is 3.09. The molecular weight excluding hydrogens is 176 g/mol. The van der Waals surface area contributed by atoms with E-state index in [1.165, 1.54) is 11.1 Å². The Morgan fingerprint density at radius 3 is 3.07 bits per heavy atom. The number of rotatable bonds is 3. The van der Waals surface area contributed by atoms with Gasteiger partial charge in [0.25, 0.3) is 0 Å². The second kappa shape index (κ2) is 3.91. The Morgan fingerprint density at radius 1 is 1.43 bits per heavy atom. The minimum absolute atomic E-state index is 0.743. The summed E-state index contributed by atoms with van der Waals surface area (Å²) in [4.78, 5) is 11.1. The molecule has 2 N–H and O–H groups in total. The Morgan fingerprint density at radius 2 is 2.36 bits per heavy atom. The summed E-state index contributed by atoms with van der Waals surface area (Å²) in [5, 5.41) is 3.18. The molecule has 0 aliphatic heterocycles. The summed E-state index contributed by atoms with van der Waals surface area (Å²) in [6, 6.07) is 2.00. The van der Waals surface area contributed by atoms with Gasteiger partial charge in [0, 0.05) is 31.3 Å². The molecule has 0 aromatic carbocycles. The molecule has 0 fully saturated rings. The molecule has 0 aliphatic rings. The van der Waals surface area contributed by atoms with Crippen molar-refractivity contribution in [3.8, 4) is 0 Å². The number of aryl methyl sites for hydroxylation is 1. The zero-order chi connectivity index (χ0) is 9.80. The fourth-order valence-corrected chi connectivity index (χ4v) is 1.22. The van der Waals surface area contributed by atoms with Gasteiger partial charge in [-0.05, 0) is 24.1 Å². The average Bonchev–Trinajstić information content (AvgIpc) is 2.69. The molecule has 0 aliphatic carbocycles. The number of hydrogen-bond acceptors (Lipinski definition) is 3. The van der Waals surface area contributed by atoms with Crippen LogP contribution in [0.15, 0.2) is 30.9 Å². The highest BCUT2D eigenvalue weighted by Gasteiger charge is 1.98. The van der Waals surface area contributed by atoms with E-state index in [0.29, 0.717) is 0 Å². The lowest BCUT2D eigenvalue weighted by Crippen LogP contribution is -2.02. The van der Waals surface area contributed by atoms with Gasteiger partial charge in [0.15, 0.2) is 5.95 Å². The lowest BCUT2D eigenvalue weighted by molar-refractivity contribution is 1.05. The minimum atomic E-state index is 0.743. The van der Waals surface area contributed by atoms with Crippen molar-refractivity contribution in [2.75, 3.05) is 5.32 Å². The van der Waals surface area contributed by atoms with E-state index < -0.39 is 0 Å². The van der Waals surface area contributed by atoms with Crippen LogP contribution < -0.4 is 5.32 Å². The summed E-state index contributed by atoms with van der Waals surface area (Å²) < 4.78 is 0. The summed E-state index contributed by atoms with van der Waals surface area (Å²) in [6.45, 7) is 2.81. The molecule has 0 radical (unpaired) electrons. The first-order chi connectivity index (χ1) is 6.86. The monoisotopic (exact) mass is 188 g/mol. The number of imidazole rings is 1. The van der Waals surface area contributed by atoms with Crippen molar-refractivity contribution in [1.29, 1.82) is 0 Å². The molecule has 4 heteroatoms. The molecule has 0 unspecified atom stereocenters. The summed E-state index contributed by atoms with van der Waals surface area (Å²) >= 11 is 0. The zero-order valence-electron chi connectivity index (χ0n) is 7.99. The summed E-state index contributed by atoms with van der Waals surface area (Å²) in [5.41, 5.74) is 2.42. The topological polar surface area (TPSA) is 53.6 Å². The molecule has 14 heavy (non-hydrogen) atoms. The first-order valence-corrected chi connectivity index (χ1v) is 4.49. The molecule has 2 aromatic heterocycles. The Bertz CT molecular complexity index is 394. The Balaban J connectivity index is 2.02. The first kappa shape index (κ1) is 8.74. The van der Waals surface area contributed by atoms with Gasteiger partial charge in [-0.25, -0.2) is 4.98 Å². The fraction of sp³-hybridized carbons (Fsp3) is 0.200. The van der Waals surface area contributed by atoms with Gasteiger partial charge in [-0.1, -0.05) is 0 Å². The van der Waals surface area contributed by atoms with Crippen LogP contribution in [0.5, 0.6) is 0 Å². The highest BCUT2D eigenvalue weighted by Crippen LogP contribution is 2.06. The Labute approximate surface area is 82.4 Å². The molecule has 0 saturated heterocycles. The van der Waals surface area contributed by atoms with Gasteiger partial charge in [0.2, 0.25) is 0 Å². The van der Waals surface area contributed by atoms with E-state index in [4.69, 9.17) is 0 Å². The smallest absolute Gasteiger partial charge is 0.200 e. The number of nitrogens with one attached hydrogen (secondary N) is 2. The maximum Gasteiger partial charge on any atom is 0.200 e. The van der Waals surface area contributed by atoms with Crippen molar-refractivity contribution in [1.82, 2.24) is 15.0 Å². The van der Waals surface area contributed by atoms with E-state index in [-0.39, 0.29) is 0 Å². The van der Waals surface area contributed by atoms with Crippen LogP contribution in [-0.4, -0.2) is 15.0 Å². The van der Waals surface area contributed by atoms with E-state index in [1.807, 2.05) is 12.3 Å². The normalized spacial score (nSPS) is 10.1. The van der Waals surface area contributed by atoms with Crippen molar-refractivity contribution in [2.45, 2.75) is 13.5 Å². The lowest BCUT2D eigenvalue weighted by Gasteiger charge is -2.05. The van der Waals surface area contributed by atoms with E-state index in [1.54, 1.807) is 18.6 Å². The number of pyridine rings is 1. The first-order valence-electron chi connectivity index (χ1n) is 4.49. The molecule has 0 saturated carbocycles. The van der Waals surface area contributed by atoms with E-state index >= 15 is 0 Å². The number of H-pyrrole nitrogens is 1. The van der Waals surface area contributed by atoms with Gasteiger partial charge in [-0.15, -0.1) is 0 Å². The molecule has 4 nitrogen and oxygen atoms in total. The zero-order valence-corrected chi connectivity index (χ0v) is 7.99. The van der Waals surface area contributed by atoms with Crippen LogP contribution in [0.2, 0.25) is 0 Å². The third-order valence-corrected chi connectivity index (χ3v) is 2.09. The molecule has 72 valence electrons. The molecule has 0 bridgehead atoms. The lowest BCUT2D eigenvalue weighted by atomic mass is 10.2. The largest absolute Gasteiger partial charge is 0.352 e. The van der Waals surface area contributed by atoms with E-state index in [9.17, 15) is 0 Å². The van der Waals surface area contributed by atoms with Crippen LogP contribution in [-0.2, 0) is 6.54 Å². The van der Waals surface area contributed by atoms with Gasteiger partial charge in [0.1, 0.15) is 0 Å². The average molecular weight is 188 g/mol. The molecule has 2 rings (SSSR count). The predicted molar refractivity (Wildman–Crippen MR) is 54.9 cm³/mol. The van der Waals surface area contributed by atoms with Gasteiger partial charge in [0.05, 0.1) is 0 Å². The van der Waals surface area contributed by atoms with Crippen LogP contribution in [0, 0.1) is 6.92 Å². The number of nitrogens with zero attached hydrogens (tertiary/aromatic N) is 2. The SMILES string of the molecule is Cc1ccncc1CNc1ncc[nH]1. The van der Waals surface area contributed by atoms with Crippen LogP contribution in [0.25, 0.3) is 0 Å². The molecular formula is C10H12N4. The van der Waals surface area contributed by atoms with E-state index in [2.05, 4.69) is 27.2 Å². The molecule has 0 amide bonds. The number of aromatic amines is 1. The highest BCUT2D eigenvalue weighted by atomic mass is 15.1. The molecule has 0 atom stereocenters. The van der Waals surface area contributed by atoms with Gasteiger partial charge in [-0.2, -0.15) is 0 Å². The Hall–Kier alpha value is -1.84. The van der Waals surface area contributed by atoms with Crippen LogP contribution in [0.4, 0.5) is 5.95 Å². The summed E-state index contributed by atoms with van der Waals surface area (Å²) in [7, 11) is 0. The maximum atomic E-state index is 4.07. The molecule has 2 heterocycles. The fourth-order valence-electron chi connectivity index (χ4n) is 1.22. The molecule has 0 spiro atoms. The number of hydrogen-bond donors (Lipinski definition) is 2. The predicted octanol–water partition coefficient (Wildman–Crippen LogP) is 1.73. The van der Waals surface area contributed by atoms with Crippen molar-refractivity contribution in [2.24, 2.45) is 0 Å². The van der Waals surface area contributed by atoms with Crippen LogP contribution >= 0.6 is 0 Å².